The average Bonchev–Trinajstić information content (AvgIpc) is 2.77. The van der Waals surface area contributed by atoms with Crippen LogP contribution in [0.5, 0.6) is 0 Å². The fourth-order valence-corrected chi connectivity index (χ4v) is 3.29. The summed E-state index contributed by atoms with van der Waals surface area (Å²) < 4.78 is 0. The van der Waals surface area contributed by atoms with Gasteiger partial charge in [0.25, 0.3) is 0 Å². The molecule has 0 aliphatic heterocycles. The summed E-state index contributed by atoms with van der Waals surface area (Å²) in [5.41, 5.74) is 5.53. The molecule has 1 amide bonds. The van der Waals surface area contributed by atoms with Crippen LogP contribution in [-0.2, 0) is 0 Å². The lowest BCUT2D eigenvalue weighted by atomic mass is 10.0. The molecule has 30 heavy (non-hydrogen) atoms. The summed E-state index contributed by atoms with van der Waals surface area (Å²) in [7, 11) is 0. The molecule has 0 bridgehead atoms. The molecule has 0 aliphatic carbocycles. The Balaban J connectivity index is 0.000000769. The van der Waals surface area contributed by atoms with Crippen molar-refractivity contribution in [1.29, 1.82) is 0 Å². The molecule has 0 heterocycles. The Bertz CT molecular complexity index is 495. The third-order valence-electron chi connectivity index (χ3n) is 5.29. The van der Waals surface area contributed by atoms with Gasteiger partial charge in [0.1, 0.15) is 6.10 Å². The number of benzene rings is 1. The van der Waals surface area contributed by atoms with Gasteiger partial charge in [-0.25, -0.2) is 0 Å². The number of primary amides is 1. The van der Waals surface area contributed by atoms with Crippen LogP contribution in [0.4, 0.5) is 0 Å². The summed E-state index contributed by atoms with van der Waals surface area (Å²) in [6, 6.07) is 8.76. The van der Waals surface area contributed by atoms with E-state index in [4.69, 9.17) is 10.8 Å². The number of hydrogen-bond acceptors (Lipinski definition) is 4. The number of aliphatic hydroxyl groups excluding tert-OH is 3. The number of aliphatic hydroxyl groups is 3. The molecule has 0 aromatic heterocycles. The SMILES string of the molecule is CCCCCCCCCCCCCCCC(O)C(O)CO.NC(=O)c1ccccc1. The normalized spacial score (nSPS) is 12.7. The van der Waals surface area contributed by atoms with Crippen LogP contribution in [0, 0.1) is 0 Å². The second-order valence-electron chi connectivity index (χ2n) is 8.08. The highest BCUT2D eigenvalue weighted by atomic mass is 16.4. The highest BCUT2D eigenvalue weighted by molar-refractivity contribution is 5.92. The molecule has 1 aromatic rings. The molecular formula is C25H45NO4. The summed E-state index contributed by atoms with van der Waals surface area (Å²) in [5, 5.41) is 27.4. The second-order valence-corrected chi connectivity index (χ2v) is 8.08. The van der Waals surface area contributed by atoms with Crippen molar-refractivity contribution in [3.63, 3.8) is 0 Å². The van der Waals surface area contributed by atoms with Crippen LogP contribution in [0.25, 0.3) is 0 Å². The molecule has 0 aliphatic rings. The maximum atomic E-state index is 10.4. The third-order valence-corrected chi connectivity index (χ3v) is 5.29. The zero-order valence-corrected chi connectivity index (χ0v) is 19.0. The van der Waals surface area contributed by atoms with Crippen molar-refractivity contribution in [2.24, 2.45) is 5.73 Å². The number of nitrogens with two attached hydrogens (primary N) is 1. The monoisotopic (exact) mass is 423 g/mol. The lowest BCUT2D eigenvalue weighted by Crippen LogP contribution is -2.28. The molecule has 0 saturated heterocycles. The minimum Gasteiger partial charge on any atom is -0.394 e. The van der Waals surface area contributed by atoms with Crippen LogP contribution in [0.3, 0.4) is 0 Å². The highest BCUT2D eigenvalue weighted by Crippen LogP contribution is 2.13. The van der Waals surface area contributed by atoms with Crippen molar-refractivity contribution in [2.75, 3.05) is 6.61 Å². The number of carbonyl (C=O) groups excluding carboxylic acids is 1. The Kier molecular flexibility index (Phi) is 19.8. The predicted molar refractivity (Wildman–Crippen MR) is 124 cm³/mol. The summed E-state index contributed by atoms with van der Waals surface area (Å²) in [6.07, 6.45) is 15.9. The Labute approximate surface area is 183 Å². The number of unbranched alkanes of at least 4 members (excludes halogenated alkanes) is 12. The van der Waals surface area contributed by atoms with Gasteiger partial charge in [-0.1, -0.05) is 109 Å². The zero-order valence-electron chi connectivity index (χ0n) is 19.0. The smallest absolute Gasteiger partial charge is 0.248 e. The van der Waals surface area contributed by atoms with Crippen LogP contribution in [0.15, 0.2) is 30.3 Å². The molecule has 5 N–H and O–H groups in total. The Morgan fingerprint density at radius 1 is 0.767 bits per heavy atom. The van der Waals surface area contributed by atoms with Crippen LogP contribution < -0.4 is 5.73 Å². The van der Waals surface area contributed by atoms with Crippen LogP contribution >= 0.6 is 0 Å². The molecule has 2 atom stereocenters. The molecule has 2 unspecified atom stereocenters. The summed E-state index contributed by atoms with van der Waals surface area (Å²) in [6.45, 7) is 1.91. The van der Waals surface area contributed by atoms with Gasteiger partial charge in [-0.15, -0.1) is 0 Å². The molecule has 174 valence electrons. The standard InChI is InChI=1S/C18H38O3.C7H7NO/c1-2-3-4-5-6-7-8-9-10-11-12-13-14-15-17(20)18(21)16-19;8-7(9)6-4-2-1-3-5-6/h17-21H,2-16H2,1H3;1-5H,(H2,8,9). The quantitative estimate of drug-likeness (QED) is 0.266. The Morgan fingerprint density at radius 2 is 1.20 bits per heavy atom. The van der Waals surface area contributed by atoms with Gasteiger partial charge in [-0.2, -0.15) is 0 Å². The van der Waals surface area contributed by atoms with Crippen molar-refractivity contribution in [2.45, 2.75) is 109 Å². The lowest BCUT2D eigenvalue weighted by Gasteiger charge is -2.14. The van der Waals surface area contributed by atoms with Crippen LogP contribution in [0.1, 0.15) is 107 Å². The summed E-state index contributed by atoms with van der Waals surface area (Å²) in [5.74, 6) is -0.379. The first-order chi connectivity index (χ1) is 14.5. The first-order valence-corrected chi connectivity index (χ1v) is 11.8. The molecule has 1 aromatic carbocycles. The highest BCUT2D eigenvalue weighted by Gasteiger charge is 2.13. The third kappa shape index (κ3) is 17.4. The van der Waals surface area contributed by atoms with Crippen LogP contribution in [-0.4, -0.2) is 40.0 Å². The van der Waals surface area contributed by atoms with Gasteiger partial charge in [0.05, 0.1) is 12.7 Å². The van der Waals surface area contributed by atoms with Gasteiger partial charge in [0, 0.05) is 5.56 Å². The van der Waals surface area contributed by atoms with Crippen molar-refractivity contribution < 1.29 is 20.1 Å². The minimum absolute atomic E-state index is 0.348. The van der Waals surface area contributed by atoms with E-state index < -0.39 is 12.2 Å². The van der Waals surface area contributed by atoms with E-state index in [0.717, 1.165) is 12.8 Å². The van der Waals surface area contributed by atoms with Gasteiger partial charge < -0.3 is 21.1 Å². The molecule has 0 radical (unpaired) electrons. The first-order valence-electron chi connectivity index (χ1n) is 11.8. The van der Waals surface area contributed by atoms with Gasteiger partial charge >= 0.3 is 0 Å². The minimum atomic E-state index is -0.970. The number of carbonyl (C=O) groups is 1. The fourth-order valence-electron chi connectivity index (χ4n) is 3.29. The number of amides is 1. The van der Waals surface area contributed by atoms with Gasteiger partial charge in [0.2, 0.25) is 5.91 Å². The molecule has 0 saturated carbocycles. The molecule has 5 heteroatoms. The van der Waals surface area contributed by atoms with Crippen molar-refractivity contribution in [3.8, 4) is 0 Å². The topological polar surface area (TPSA) is 104 Å². The van der Waals surface area contributed by atoms with E-state index in [9.17, 15) is 15.0 Å². The van der Waals surface area contributed by atoms with Gasteiger partial charge in [-0.05, 0) is 18.6 Å². The van der Waals surface area contributed by atoms with E-state index in [1.54, 1.807) is 24.3 Å². The number of hydrogen-bond donors (Lipinski definition) is 4. The number of rotatable bonds is 17. The predicted octanol–water partition coefficient (Wildman–Crippen LogP) is 4.97. The summed E-state index contributed by atoms with van der Waals surface area (Å²) in [4.78, 5) is 10.4. The molecule has 5 nitrogen and oxygen atoms in total. The second kappa shape index (κ2) is 20.8. The average molecular weight is 424 g/mol. The van der Waals surface area contributed by atoms with E-state index >= 15 is 0 Å². The van der Waals surface area contributed by atoms with E-state index in [-0.39, 0.29) is 12.5 Å². The maximum absolute atomic E-state index is 10.4. The van der Waals surface area contributed by atoms with Crippen molar-refractivity contribution in [1.82, 2.24) is 0 Å². The van der Waals surface area contributed by atoms with Gasteiger partial charge in [0.15, 0.2) is 0 Å². The molecule has 0 spiro atoms. The van der Waals surface area contributed by atoms with E-state index in [1.165, 1.54) is 70.6 Å². The largest absolute Gasteiger partial charge is 0.394 e. The lowest BCUT2D eigenvalue weighted by molar-refractivity contribution is -0.0185. The van der Waals surface area contributed by atoms with E-state index in [2.05, 4.69) is 6.92 Å². The Morgan fingerprint density at radius 3 is 1.57 bits per heavy atom. The fraction of sp³-hybridized carbons (Fsp3) is 0.720. The van der Waals surface area contributed by atoms with Crippen LogP contribution in [0.2, 0.25) is 0 Å². The maximum Gasteiger partial charge on any atom is 0.248 e. The van der Waals surface area contributed by atoms with E-state index in [0.29, 0.717) is 12.0 Å². The van der Waals surface area contributed by atoms with Crippen molar-refractivity contribution >= 4 is 5.91 Å². The van der Waals surface area contributed by atoms with Crippen molar-refractivity contribution in [3.05, 3.63) is 35.9 Å². The first kappa shape index (κ1) is 28.6. The van der Waals surface area contributed by atoms with E-state index in [1.807, 2.05) is 6.07 Å². The Hall–Kier alpha value is -1.43. The van der Waals surface area contributed by atoms with Gasteiger partial charge in [-0.3, -0.25) is 4.79 Å². The molecule has 0 fully saturated rings. The summed E-state index contributed by atoms with van der Waals surface area (Å²) >= 11 is 0. The zero-order chi connectivity index (χ0) is 22.5. The molecular weight excluding hydrogens is 378 g/mol. The molecule has 1 rings (SSSR count).